The van der Waals surface area contributed by atoms with E-state index in [1.165, 1.54) is 44.6 Å². The van der Waals surface area contributed by atoms with Crippen LogP contribution in [0.25, 0.3) is 11.1 Å². The summed E-state index contributed by atoms with van der Waals surface area (Å²) in [5.41, 5.74) is 2.97. The first-order valence-corrected chi connectivity index (χ1v) is 11.7. The average molecular weight is 409 g/mol. The highest BCUT2D eigenvalue weighted by molar-refractivity contribution is 5.64. The molecule has 4 unspecified atom stereocenters. The number of hydrogen-bond donors (Lipinski definition) is 0. The molecule has 0 radical (unpaired) electrons. The molecular formula is C28H34F2. The zero-order valence-electron chi connectivity index (χ0n) is 18.3. The summed E-state index contributed by atoms with van der Waals surface area (Å²) in [4.78, 5) is 0. The van der Waals surface area contributed by atoms with Crippen molar-refractivity contribution in [1.29, 1.82) is 0 Å². The van der Waals surface area contributed by atoms with Crippen molar-refractivity contribution in [3.8, 4) is 11.1 Å². The molecule has 0 nitrogen and oxygen atoms in total. The summed E-state index contributed by atoms with van der Waals surface area (Å²) >= 11 is 0. The van der Waals surface area contributed by atoms with E-state index in [4.69, 9.17) is 0 Å². The number of aryl methyl sites for hydroxylation is 1. The van der Waals surface area contributed by atoms with Gasteiger partial charge in [-0.15, -0.1) is 0 Å². The van der Waals surface area contributed by atoms with Crippen molar-refractivity contribution in [2.45, 2.75) is 71.1 Å². The minimum Gasteiger partial charge on any atom is -0.207 e. The lowest BCUT2D eigenvalue weighted by Crippen LogP contribution is -2.30. The molecule has 0 heterocycles. The normalized spacial score (nSPS) is 26.7. The number of allylic oxidation sites excluding steroid dienone is 2. The van der Waals surface area contributed by atoms with Gasteiger partial charge < -0.3 is 0 Å². The van der Waals surface area contributed by atoms with Crippen molar-refractivity contribution in [2.24, 2.45) is 17.8 Å². The van der Waals surface area contributed by atoms with Crippen molar-refractivity contribution in [3.05, 3.63) is 71.3 Å². The van der Waals surface area contributed by atoms with E-state index >= 15 is 4.39 Å². The van der Waals surface area contributed by atoms with Crippen LogP contribution in [0.15, 0.2) is 48.6 Å². The fraction of sp³-hybridized carbons (Fsp3) is 0.500. The second-order valence-electron chi connectivity index (χ2n) is 9.56. The second kappa shape index (κ2) is 9.45. The third kappa shape index (κ3) is 4.68. The summed E-state index contributed by atoms with van der Waals surface area (Å²) < 4.78 is 29.0. The van der Waals surface area contributed by atoms with Gasteiger partial charge in [-0.1, -0.05) is 42.8 Å². The Kier molecular flexibility index (Phi) is 6.71. The van der Waals surface area contributed by atoms with E-state index in [1.54, 1.807) is 19.1 Å². The van der Waals surface area contributed by atoms with Gasteiger partial charge in [-0.3, -0.25) is 0 Å². The van der Waals surface area contributed by atoms with Gasteiger partial charge in [0.25, 0.3) is 0 Å². The molecule has 2 fully saturated rings. The molecule has 2 aromatic rings. The quantitative estimate of drug-likeness (QED) is 0.434. The van der Waals surface area contributed by atoms with Gasteiger partial charge in [0.2, 0.25) is 0 Å². The molecule has 2 heteroatoms. The number of hydrogen-bond acceptors (Lipinski definition) is 0. The Morgan fingerprint density at radius 3 is 2.30 bits per heavy atom. The molecule has 0 saturated heterocycles. The molecule has 2 saturated carbocycles. The van der Waals surface area contributed by atoms with E-state index in [0.29, 0.717) is 11.5 Å². The van der Waals surface area contributed by atoms with E-state index in [9.17, 15) is 4.39 Å². The van der Waals surface area contributed by atoms with Gasteiger partial charge >= 0.3 is 0 Å². The Bertz CT molecular complexity index is 898. The fourth-order valence-corrected chi connectivity index (χ4v) is 5.84. The predicted molar refractivity (Wildman–Crippen MR) is 121 cm³/mol. The lowest BCUT2D eigenvalue weighted by atomic mass is 9.63. The molecule has 2 aliphatic rings. The molecule has 0 bridgehead atoms. The van der Waals surface area contributed by atoms with Crippen LogP contribution in [0.1, 0.15) is 75.3 Å². The van der Waals surface area contributed by atoms with Crippen LogP contribution in [0.5, 0.6) is 0 Å². The minimum absolute atomic E-state index is 0.128. The van der Waals surface area contributed by atoms with Gasteiger partial charge in [-0.2, -0.15) is 0 Å². The molecule has 0 N–H and O–H groups in total. The maximum atomic E-state index is 15.1. The van der Waals surface area contributed by atoms with Crippen LogP contribution in [0.3, 0.4) is 0 Å². The van der Waals surface area contributed by atoms with Crippen LogP contribution in [-0.4, -0.2) is 0 Å². The van der Waals surface area contributed by atoms with Gasteiger partial charge in [0.05, 0.1) is 0 Å². The molecule has 0 aromatic heterocycles. The summed E-state index contributed by atoms with van der Waals surface area (Å²) in [5, 5.41) is 0. The smallest absolute Gasteiger partial charge is 0.127 e. The molecule has 30 heavy (non-hydrogen) atoms. The number of halogens is 2. The lowest BCUT2D eigenvalue weighted by molar-refractivity contribution is 0.114. The molecule has 4 rings (SSSR count). The van der Waals surface area contributed by atoms with Crippen LogP contribution in [0.2, 0.25) is 0 Å². The molecular weight excluding hydrogens is 374 g/mol. The molecule has 4 atom stereocenters. The monoisotopic (exact) mass is 408 g/mol. The Balaban J connectivity index is 1.41. The highest BCUT2D eigenvalue weighted by Crippen LogP contribution is 2.48. The molecule has 2 aromatic carbocycles. The molecule has 160 valence electrons. The van der Waals surface area contributed by atoms with Crippen LogP contribution in [0.4, 0.5) is 8.78 Å². The Morgan fingerprint density at radius 2 is 1.57 bits per heavy atom. The summed E-state index contributed by atoms with van der Waals surface area (Å²) in [6.45, 7) is 3.85. The third-order valence-corrected chi connectivity index (χ3v) is 7.64. The molecule has 0 spiro atoms. The average Bonchev–Trinajstić information content (AvgIpc) is 2.75. The Morgan fingerprint density at radius 1 is 0.867 bits per heavy atom. The highest BCUT2D eigenvalue weighted by atomic mass is 19.1. The first kappa shape index (κ1) is 21.3. The number of benzene rings is 2. The van der Waals surface area contributed by atoms with Crippen LogP contribution in [0, 0.1) is 36.3 Å². The first-order valence-electron chi connectivity index (χ1n) is 11.7. The van der Waals surface area contributed by atoms with Crippen molar-refractivity contribution < 1.29 is 8.78 Å². The Labute approximate surface area is 180 Å². The fourth-order valence-electron chi connectivity index (χ4n) is 5.84. The van der Waals surface area contributed by atoms with Gasteiger partial charge in [-0.05, 0) is 117 Å². The zero-order chi connectivity index (χ0) is 21.1. The van der Waals surface area contributed by atoms with Crippen LogP contribution >= 0.6 is 0 Å². The summed E-state index contributed by atoms with van der Waals surface area (Å²) in [6, 6.07) is 10.6. The molecule has 0 aliphatic heterocycles. The van der Waals surface area contributed by atoms with Crippen molar-refractivity contribution >= 4 is 0 Å². The van der Waals surface area contributed by atoms with E-state index in [0.717, 1.165) is 47.3 Å². The molecule has 2 aliphatic carbocycles. The summed E-state index contributed by atoms with van der Waals surface area (Å²) in [7, 11) is 0. The van der Waals surface area contributed by atoms with Gasteiger partial charge in [0, 0.05) is 0 Å². The Hall–Kier alpha value is -1.96. The lowest BCUT2D eigenvalue weighted by Gasteiger charge is -2.42. The van der Waals surface area contributed by atoms with Gasteiger partial charge in [0.1, 0.15) is 11.6 Å². The van der Waals surface area contributed by atoms with E-state index in [2.05, 4.69) is 19.1 Å². The first-order chi connectivity index (χ1) is 14.5. The van der Waals surface area contributed by atoms with Crippen molar-refractivity contribution in [1.82, 2.24) is 0 Å². The number of rotatable bonds is 5. The molecule has 0 amide bonds. The van der Waals surface area contributed by atoms with Gasteiger partial charge in [0.15, 0.2) is 0 Å². The number of fused-ring (bicyclic) bond motifs is 1. The topological polar surface area (TPSA) is 0 Å². The maximum absolute atomic E-state index is 15.1. The minimum atomic E-state index is -0.239. The highest BCUT2D eigenvalue weighted by Gasteiger charge is 2.36. The zero-order valence-corrected chi connectivity index (χ0v) is 18.3. The van der Waals surface area contributed by atoms with Crippen molar-refractivity contribution in [2.75, 3.05) is 0 Å². The standard InChI is InChI=1S/C28H34F2/c1-3-4-5-6-20-8-10-22-16-25(12-11-21(22)15-20)26-14-13-24(18-28(26)30)23-9-7-19(2)27(29)17-23/h3-4,7,9,13-14,17-18,20-22,25H,5-6,8,10-12,15-16H2,1-2H3/b4-3+. The summed E-state index contributed by atoms with van der Waals surface area (Å²) in [5.74, 6) is 2.43. The van der Waals surface area contributed by atoms with E-state index < -0.39 is 0 Å². The van der Waals surface area contributed by atoms with E-state index in [1.807, 2.05) is 18.2 Å². The SMILES string of the molecule is C/C=C/CCC1CCC2CC(c3ccc(-c4ccc(C)c(F)c4)cc3F)CCC2C1. The van der Waals surface area contributed by atoms with E-state index in [-0.39, 0.29) is 11.6 Å². The summed E-state index contributed by atoms with van der Waals surface area (Å²) in [6.07, 6.45) is 14.5. The predicted octanol–water partition coefficient (Wildman–Crippen LogP) is 8.60. The van der Waals surface area contributed by atoms with Gasteiger partial charge in [-0.25, -0.2) is 8.78 Å². The van der Waals surface area contributed by atoms with Crippen LogP contribution in [-0.2, 0) is 0 Å². The second-order valence-corrected chi connectivity index (χ2v) is 9.56. The van der Waals surface area contributed by atoms with Crippen LogP contribution < -0.4 is 0 Å². The third-order valence-electron chi connectivity index (χ3n) is 7.64. The largest absolute Gasteiger partial charge is 0.207 e. The van der Waals surface area contributed by atoms with Crippen molar-refractivity contribution in [3.63, 3.8) is 0 Å². The maximum Gasteiger partial charge on any atom is 0.127 e.